The summed E-state index contributed by atoms with van der Waals surface area (Å²) in [7, 11) is 0. The zero-order valence-corrected chi connectivity index (χ0v) is 20.7. The normalized spacial score (nSPS) is 9.21. The van der Waals surface area contributed by atoms with E-state index in [1.165, 1.54) is 0 Å². The summed E-state index contributed by atoms with van der Waals surface area (Å²) < 4.78 is 8.33. The molecule has 0 aliphatic carbocycles. The van der Waals surface area contributed by atoms with Gasteiger partial charge in [0.05, 0.1) is 5.69 Å². The Morgan fingerprint density at radius 2 is 1.32 bits per heavy atom. The predicted octanol–water partition coefficient (Wildman–Crippen LogP) is 6.57. The van der Waals surface area contributed by atoms with Crippen LogP contribution >= 0.6 is 37.2 Å². The molecule has 3 nitrogen and oxygen atoms in total. The van der Waals surface area contributed by atoms with Gasteiger partial charge in [0.2, 0.25) is 0 Å². The molecule has 3 rings (SSSR count). The van der Waals surface area contributed by atoms with Crippen molar-refractivity contribution in [3.8, 4) is 16.9 Å². The fourth-order valence-corrected chi connectivity index (χ4v) is 2.66. The Morgan fingerprint density at radius 1 is 0.786 bits per heavy atom. The molecular formula is C21H22Cl3NO2W. The molecule has 0 amide bonds. The van der Waals surface area contributed by atoms with Crippen LogP contribution in [0.3, 0.4) is 0 Å². The maximum atomic E-state index is 10.6. The van der Waals surface area contributed by atoms with E-state index in [-0.39, 0.29) is 43.0 Å². The summed E-state index contributed by atoms with van der Waals surface area (Å²) in [6.07, 6.45) is 1.73. The molecule has 0 saturated carbocycles. The van der Waals surface area contributed by atoms with E-state index in [4.69, 9.17) is 3.40 Å². The minimum absolute atomic E-state index is 0. The van der Waals surface area contributed by atoms with Crippen LogP contribution in [0.4, 0.5) is 5.69 Å². The number of benzene rings is 3. The first-order chi connectivity index (χ1) is 12.2. The van der Waals surface area contributed by atoms with E-state index in [1.807, 2.05) is 80.6 Å². The first-order valence-corrected chi connectivity index (χ1v) is 9.01. The molecule has 0 aliphatic rings. The zero-order valence-electron chi connectivity index (χ0n) is 15.4. The molecule has 0 unspecified atom stereocenters. The molecule has 150 valence electrons. The number of phenolic OH excluding ortho intramolecular Hbond substituents is 1. The van der Waals surface area contributed by atoms with Crippen molar-refractivity contribution in [3.05, 3.63) is 83.4 Å². The van der Waals surface area contributed by atoms with Crippen LogP contribution in [0, 0.1) is 13.8 Å². The monoisotopic (exact) mass is 609 g/mol. The molecule has 7 heteroatoms. The first kappa shape index (κ1) is 28.7. The van der Waals surface area contributed by atoms with Crippen LogP contribution in [0.25, 0.3) is 11.1 Å². The molecule has 0 fully saturated rings. The van der Waals surface area contributed by atoms with E-state index in [2.05, 4.69) is 4.99 Å². The number of aliphatic imine (C=N–C) groups is 1. The van der Waals surface area contributed by atoms with Crippen LogP contribution in [0.2, 0.25) is 0 Å². The third-order valence-corrected chi connectivity index (χ3v) is 3.92. The van der Waals surface area contributed by atoms with Gasteiger partial charge in [0.15, 0.2) is 0 Å². The first-order valence-electron chi connectivity index (χ1n) is 7.81. The average Bonchev–Trinajstić information content (AvgIpc) is 2.65. The molecule has 0 spiro atoms. The summed E-state index contributed by atoms with van der Waals surface area (Å²) in [5.41, 5.74) is 5.73. The number of nitrogens with zero attached hydrogens (tertiary/aromatic N) is 1. The molecule has 3 aromatic carbocycles. The number of hydrogen-bond acceptors (Lipinski definition) is 3. The van der Waals surface area contributed by atoms with Crippen LogP contribution in [-0.4, -0.2) is 11.3 Å². The van der Waals surface area contributed by atoms with Crippen LogP contribution in [-0.2, 0) is 23.2 Å². The van der Waals surface area contributed by atoms with Gasteiger partial charge in [0, 0.05) is 17.3 Å². The van der Waals surface area contributed by atoms with Crippen LogP contribution in [0.5, 0.6) is 5.75 Å². The van der Waals surface area contributed by atoms with E-state index in [0.29, 0.717) is 25.3 Å². The van der Waals surface area contributed by atoms with Gasteiger partial charge < -0.3 is 5.11 Å². The topological polar surface area (TPSA) is 49.7 Å². The van der Waals surface area contributed by atoms with Gasteiger partial charge in [-0.25, -0.2) is 0 Å². The molecule has 0 radical (unpaired) electrons. The molecule has 0 atom stereocenters. The minimum atomic E-state index is 0. The SMILES string of the molecule is Cc1cccc(C)c1N=Cc1cccc(-c2ccccc2)c1O.Cl.Cl.Cl.[O]=[W]. The zero-order chi connectivity index (χ0) is 18.2. The van der Waals surface area contributed by atoms with Crippen molar-refractivity contribution in [2.75, 3.05) is 0 Å². The standard InChI is InChI=1S/C21H19NO.3ClH.O.W/c1-15-8-6-9-16(2)20(15)22-14-18-12-7-13-19(21(18)23)17-10-4-3-5-11-17;;;;;/h3-14,23H,1-2H3;3*1H;;. The van der Waals surface area contributed by atoms with Crippen LogP contribution < -0.4 is 0 Å². The Kier molecular flexibility index (Phi) is 14.8. The fourth-order valence-electron chi connectivity index (χ4n) is 2.66. The third-order valence-electron chi connectivity index (χ3n) is 3.92. The number of aromatic hydroxyl groups is 1. The second kappa shape index (κ2) is 14.5. The molecule has 0 aromatic heterocycles. The molecular weight excluding hydrogens is 588 g/mol. The van der Waals surface area contributed by atoms with Crippen molar-refractivity contribution in [1.82, 2.24) is 0 Å². The number of phenols is 1. The van der Waals surface area contributed by atoms with Gasteiger partial charge in [-0.2, -0.15) is 0 Å². The number of hydrogen-bond donors (Lipinski definition) is 1. The molecule has 28 heavy (non-hydrogen) atoms. The summed E-state index contributed by atoms with van der Waals surface area (Å²) >= 11 is 0.333. The Bertz CT molecular complexity index is 870. The fraction of sp³-hybridized carbons (Fsp3) is 0.0952. The number of para-hydroxylation sites is 2. The van der Waals surface area contributed by atoms with E-state index in [9.17, 15) is 5.11 Å². The third kappa shape index (κ3) is 7.14. The summed E-state index contributed by atoms with van der Waals surface area (Å²) in [5, 5.41) is 10.6. The molecule has 0 bridgehead atoms. The van der Waals surface area contributed by atoms with Gasteiger partial charge in [-0.1, -0.05) is 60.7 Å². The summed E-state index contributed by atoms with van der Waals surface area (Å²) in [4.78, 5) is 4.59. The van der Waals surface area contributed by atoms with Crippen molar-refractivity contribution >= 4 is 49.1 Å². The Labute approximate surface area is 195 Å². The van der Waals surface area contributed by atoms with Crippen LogP contribution in [0.15, 0.2) is 71.7 Å². The van der Waals surface area contributed by atoms with Gasteiger partial charge in [0.25, 0.3) is 0 Å². The van der Waals surface area contributed by atoms with Gasteiger partial charge in [-0.3, -0.25) is 4.99 Å². The maximum absolute atomic E-state index is 10.6. The van der Waals surface area contributed by atoms with Crippen molar-refractivity contribution in [1.29, 1.82) is 0 Å². The second-order valence-corrected chi connectivity index (χ2v) is 5.61. The Balaban J connectivity index is 0. The van der Waals surface area contributed by atoms with Crippen molar-refractivity contribution in [2.45, 2.75) is 13.8 Å². The quantitative estimate of drug-likeness (QED) is 0.341. The second-order valence-electron chi connectivity index (χ2n) is 5.61. The van der Waals surface area contributed by atoms with Crippen molar-refractivity contribution < 1.29 is 28.3 Å². The van der Waals surface area contributed by atoms with E-state index < -0.39 is 0 Å². The number of halogens is 3. The van der Waals surface area contributed by atoms with Crippen molar-refractivity contribution in [3.63, 3.8) is 0 Å². The Hall–Kier alpha value is -1.51. The summed E-state index contributed by atoms with van der Waals surface area (Å²) in [6.45, 7) is 4.08. The summed E-state index contributed by atoms with van der Waals surface area (Å²) in [5.74, 6) is 0.258. The molecule has 3 aromatic rings. The van der Waals surface area contributed by atoms with E-state index in [1.54, 1.807) is 6.21 Å². The van der Waals surface area contributed by atoms with Gasteiger partial charge >= 0.3 is 23.2 Å². The molecule has 1 N–H and O–H groups in total. The van der Waals surface area contributed by atoms with E-state index in [0.717, 1.165) is 27.9 Å². The van der Waals surface area contributed by atoms with Crippen molar-refractivity contribution in [2.24, 2.45) is 4.99 Å². The van der Waals surface area contributed by atoms with Gasteiger partial charge in [-0.05, 0) is 36.6 Å². The summed E-state index contributed by atoms with van der Waals surface area (Å²) in [6, 6.07) is 21.7. The molecule has 0 saturated heterocycles. The molecule has 0 aliphatic heterocycles. The predicted molar refractivity (Wildman–Crippen MR) is 119 cm³/mol. The van der Waals surface area contributed by atoms with E-state index >= 15 is 0 Å². The number of rotatable bonds is 3. The number of aryl methyl sites for hydroxylation is 2. The van der Waals surface area contributed by atoms with Gasteiger partial charge in [0.1, 0.15) is 5.75 Å². The molecule has 0 heterocycles. The average molecular weight is 611 g/mol. The van der Waals surface area contributed by atoms with Gasteiger partial charge in [-0.15, -0.1) is 37.2 Å². The Morgan fingerprint density at radius 3 is 1.89 bits per heavy atom. The van der Waals surface area contributed by atoms with Crippen LogP contribution in [0.1, 0.15) is 16.7 Å².